The molecular formula is C30H37N5O7. The van der Waals surface area contributed by atoms with Gasteiger partial charge in [-0.3, -0.25) is 24.0 Å². The van der Waals surface area contributed by atoms with Gasteiger partial charge in [-0.1, -0.05) is 42.5 Å². The molecule has 0 radical (unpaired) electrons. The van der Waals surface area contributed by atoms with Crippen LogP contribution in [-0.4, -0.2) is 90.0 Å². The Labute approximate surface area is 244 Å². The summed E-state index contributed by atoms with van der Waals surface area (Å²) in [6.07, 6.45) is -0.113. The number of nitrogens with zero attached hydrogens (tertiary/aromatic N) is 1. The molecule has 12 heteroatoms. The van der Waals surface area contributed by atoms with E-state index in [9.17, 15) is 29.1 Å². The lowest BCUT2D eigenvalue weighted by atomic mass is 10.0. The molecule has 1 fully saturated rings. The molecular weight excluding hydrogens is 542 g/mol. The zero-order chi connectivity index (χ0) is 30.1. The summed E-state index contributed by atoms with van der Waals surface area (Å²) < 4.78 is 6.02. The van der Waals surface area contributed by atoms with E-state index in [-0.39, 0.29) is 30.4 Å². The van der Waals surface area contributed by atoms with Gasteiger partial charge >= 0.3 is 0 Å². The highest BCUT2D eigenvalue weighted by molar-refractivity contribution is 6.01. The van der Waals surface area contributed by atoms with Crippen molar-refractivity contribution >= 4 is 29.5 Å². The van der Waals surface area contributed by atoms with E-state index in [2.05, 4.69) is 21.3 Å². The van der Waals surface area contributed by atoms with Gasteiger partial charge in [-0.25, -0.2) is 0 Å². The van der Waals surface area contributed by atoms with Gasteiger partial charge in [-0.05, 0) is 37.5 Å². The Morgan fingerprint density at radius 1 is 1.05 bits per heavy atom. The number of benzene rings is 2. The summed E-state index contributed by atoms with van der Waals surface area (Å²) in [6, 6.07) is 12.8. The summed E-state index contributed by atoms with van der Waals surface area (Å²) in [7, 11) is 0. The summed E-state index contributed by atoms with van der Waals surface area (Å²) in [5, 5.41) is 21.0. The van der Waals surface area contributed by atoms with Crippen LogP contribution >= 0.6 is 0 Å². The van der Waals surface area contributed by atoms with Crippen molar-refractivity contribution in [3.63, 3.8) is 0 Å². The number of nitrogens with one attached hydrogen (secondary N) is 4. The van der Waals surface area contributed by atoms with Crippen molar-refractivity contribution in [1.82, 2.24) is 26.2 Å². The molecule has 0 aliphatic carbocycles. The molecule has 0 spiro atoms. The second-order valence-electron chi connectivity index (χ2n) is 10.5. The lowest BCUT2D eigenvalue weighted by Gasteiger charge is -2.27. The fourth-order valence-corrected chi connectivity index (χ4v) is 4.96. The smallest absolute Gasteiger partial charge is 0.255 e. The predicted molar refractivity (Wildman–Crippen MR) is 152 cm³/mol. The molecule has 2 aliphatic heterocycles. The minimum absolute atomic E-state index is 0.00939. The number of carbonyl (C=O) groups excluding carboxylic acids is 5. The Balaban J connectivity index is 1.56. The van der Waals surface area contributed by atoms with Gasteiger partial charge in [-0.15, -0.1) is 0 Å². The van der Waals surface area contributed by atoms with E-state index in [1.807, 2.05) is 30.3 Å². The summed E-state index contributed by atoms with van der Waals surface area (Å²) >= 11 is 0. The highest BCUT2D eigenvalue weighted by Gasteiger charge is 2.32. The molecule has 2 heterocycles. The van der Waals surface area contributed by atoms with E-state index < -0.39 is 54.3 Å². The molecule has 12 nitrogen and oxygen atoms in total. The Bertz CT molecular complexity index is 1290. The summed E-state index contributed by atoms with van der Waals surface area (Å²) in [6.45, 7) is 2.42. The summed E-state index contributed by atoms with van der Waals surface area (Å²) in [4.78, 5) is 66.3. The van der Waals surface area contributed by atoms with Crippen molar-refractivity contribution in [3.05, 3.63) is 65.7 Å². The van der Waals surface area contributed by atoms with E-state index in [0.717, 1.165) is 12.0 Å². The molecule has 5 amide bonds. The Kier molecular flexibility index (Phi) is 10.5. The van der Waals surface area contributed by atoms with Gasteiger partial charge in [0.25, 0.3) is 5.91 Å². The van der Waals surface area contributed by atoms with Crippen molar-refractivity contribution < 1.29 is 33.8 Å². The van der Waals surface area contributed by atoms with Gasteiger partial charge in [0.15, 0.2) is 0 Å². The monoisotopic (exact) mass is 579 g/mol. The Hall–Kier alpha value is -4.45. The second kappa shape index (κ2) is 14.4. The maximum Gasteiger partial charge on any atom is 0.255 e. The first-order valence-electron chi connectivity index (χ1n) is 14.1. The number of carbonyl (C=O) groups is 5. The molecule has 2 aromatic rings. The van der Waals surface area contributed by atoms with Crippen molar-refractivity contribution in [2.75, 3.05) is 26.2 Å². The fraction of sp³-hybridized carbons (Fsp3) is 0.433. The van der Waals surface area contributed by atoms with Crippen LogP contribution in [0.4, 0.5) is 0 Å². The highest BCUT2D eigenvalue weighted by Crippen LogP contribution is 2.19. The molecule has 0 saturated carbocycles. The van der Waals surface area contributed by atoms with Crippen molar-refractivity contribution in [1.29, 1.82) is 0 Å². The van der Waals surface area contributed by atoms with E-state index in [0.29, 0.717) is 25.9 Å². The molecule has 0 unspecified atom stereocenters. The predicted octanol–water partition coefficient (Wildman–Crippen LogP) is -0.101. The molecule has 2 aromatic carbocycles. The standard InChI is InChI=1S/C30H37N5O7/c1-19(36)27-30(41)32-21(16-20-8-3-2-4-9-20)18-42-24-11-6-5-10-22(24)28(39)33-23(17-25(37)34-27)29(40)31-13-15-35-14-7-12-26(35)38/h2-6,8-11,19,21,23,27,36H,7,12-18H2,1H3,(H,31,40)(H,32,41)(H,33,39)(H,34,37)/t19-,21-,23+,27+/m1/s1. The minimum Gasteiger partial charge on any atom is -0.491 e. The average molecular weight is 580 g/mol. The number of ether oxygens (including phenoxy) is 1. The topological polar surface area (TPSA) is 166 Å². The van der Waals surface area contributed by atoms with Crippen LogP contribution in [0.2, 0.25) is 0 Å². The van der Waals surface area contributed by atoms with Gasteiger partial charge in [0.1, 0.15) is 24.4 Å². The minimum atomic E-state index is -1.31. The average Bonchev–Trinajstić information content (AvgIpc) is 3.38. The number of para-hydroxylation sites is 1. The van der Waals surface area contributed by atoms with Gasteiger partial charge in [0.2, 0.25) is 23.6 Å². The largest absolute Gasteiger partial charge is 0.491 e. The zero-order valence-corrected chi connectivity index (χ0v) is 23.5. The third kappa shape index (κ3) is 8.29. The first-order valence-corrected chi connectivity index (χ1v) is 14.1. The molecule has 0 bridgehead atoms. The van der Waals surface area contributed by atoms with Gasteiger partial charge in [0.05, 0.1) is 24.1 Å². The third-order valence-electron chi connectivity index (χ3n) is 7.19. The first-order chi connectivity index (χ1) is 20.2. The Morgan fingerprint density at radius 3 is 2.50 bits per heavy atom. The molecule has 4 rings (SSSR count). The molecule has 1 saturated heterocycles. The lowest BCUT2D eigenvalue weighted by molar-refractivity contribution is -0.133. The molecule has 224 valence electrons. The summed E-state index contributed by atoms with van der Waals surface area (Å²) in [5.41, 5.74) is 1.08. The van der Waals surface area contributed by atoms with Crippen LogP contribution in [0.15, 0.2) is 54.6 Å². The number of aliphatic hydroxyl groups is 1. The fourth-order valence-electron chi connectivity index (χ4n) is 4.96. The lowest BCUT2D eigenvalue weighted by Crippen LogP contribution is -2.57. The normalized spacial score (nSPS) is 22.5. The third-order valence-corrected chi connectivity index (χ3v) is 7.19. The number of amides is 5. The van der Waals surface area contributed by atoms with Gasteiger partial charge < -0.3 is 36.0 Å². The van der Waals surface area contributed by atoms with Crippen molar-refractivity contribution in [2.45, 2.75) is 56.8 Å². The van der Waals surface area contributed by atoms with Gasteiger partial charge in [0, 0.05) is 26.1 Å². The molecule has 2 aliphatic rings. The number of likely N-dealkylation sites (tertiary alicyclic amines) is 1. The molecule has 42 heavy (non-hydrogen) atoms. The maximum atomic E-state index is 13.4. The van der Waals surface area contributed by atoms with Crippen LogP contribution in [0.1, 0.15) is 42.1 Å². The number of rotatable bonds is 7. The number of fused-ring (bicyclic) bond motifs is 1. The van der Waals surface area contributed by atoms with E-state index >= 15 is 0 Å². The SMILES string of the molecule is C[C@@H](O)[C@@H]1NC(=O)C[C@@H](C(=O)NCCN2CCCC2=O)NC(=O)c2ccccc2OC[C@@H](Cc2ccccc2)NC1=O. The zero-order valence-electron chi connectivity index (χ0n) is 23.5. The molecule has 5 N–H and O–H groups in total. The van der Waals surface area contributed by atoms with Crippen LogP contribution in [0.3, 0.4) is 0 Å². The van der Waals surface area contributed by atoms with Gasteiger partial charge in [-0.2, -0.15) is 0 Å². The van der Waals surface area contributed by atoms with Crippen LogP contribution in [0.25, 0.3) is 0 Å². The first kappa shape index (κ1) is 30.5. The van der Waals surface area contributed by atoms with Crippen LogP contribution < -0.4 is 26.0 Å². The van der Waals surface area contributed by atoms with E-state index in [1.54, 1.807) is 29.2 Å². The highest BCUT2D eigenvalue weighted by atomic mass is 16.5. The second-order valence-corrected chi connectivity index (χ2v) is 10.5. The van der Waals surface area contributed by atoms with E-state index in [4.69, 9.17) is 4.74 Å². The maximum absolute atomic E-state index is 13.4. The van der Waals surface area contributed by atoms with Crippen molar-refractivity contribution in [2.24, 2.45) is 0 Å². The number of aliphatic hydroxyl groups excluding tert-OH is 1. The molecule has 0 aromatic heterocycles. The van der Waals surface area contributed by atoms with E-state index in [1.165, 1.54) is 6.92 Å². The van der Waals surface area contributed by atoms with Crippen LogP contribution in [-0.2, 0) is 25.6 Å². The molecule has 4 atom stereocenters. The Morgan fingerprint density at radius 2 is 1.79 bits per heavy atom. The van der Waals surface area contributed by atoms with Crippen LogP contribution in [0, 0.1) is 0 Å². The number of hydrogen-bond acceptors (Lipinski definition) is 7. The van der Waals surface area contributed by atoms with Crippen molar-refractivity contribution in [3.8, 4) is 5.75 Å². The summed E-state index contributed by atoms with van der Waals surface area (Å²) in [5.74, 6) is -2.33. The quantitative estimate of drug-likeness (QED) is 0.305. The number of hydrogen-bond donors (Lipinski definition) is 5. The van der Waals surface area contributed by atoms with Crippen LogP contribution in [0.5, 0.6) is 5.75 Å².